The number of hydrogen-bond donors (Lipinski definition) is 1. The first-order valence-corrected chi connectivity index (χ1v) is 5.89. The van der Waals surface area contributed by atoms with Gasteiger partial charge in [0.15, 0.2) is 0 Å². The van der Waals surface area contributed by atoms with Crippen molar-refractivity contribution >= 4 is 17.3 Å². The minimum Gasteiger partial charge on any atom is -0.467 e. The van der Waals surface area contributed by atoms with Crippen molar-refractivity contribution in [2.24, 2.45) is 0 Å². The third kappa shape index (κ3) is 3.23. The number of aryl methyl sites for hydroxylation is 1. The molecular formula is C13H11ClF3NO. The summed E-state index contributed by atoms with van der Waals surface area (Å²) in [6.07, 6.45) is -2.95. The molecule has 1 N–H and O–H groups in total. The maximum Gasteiger partial charge on any atom is 0.418 e. The number of hydrogen-bond acceptors (Lipinski definition) is 2. The monoisotopic (exact) mass is 289 g/mol. The third-order valence-electron chi connectivity index (χ3n) is 2.69. The summed E-state index contributed by atoms with van der Waals surface area (Å²) in [5, 5.41) is 2.77. The molecule has 2 nitrogen and oxygen atoms in total. The van der Waals surface area contributed by atoms with Crippen LogP contribution >= 0.6 is 11.6 Å². The van der Waals surface area contributed by atoms with Gasteiger partial charge in [-0.1, -0.05) is 11.6 Å². The highest BCUT2D eigenvalue weighted by Gasteiger charge is 2.33. The molecule has 1 aromatic heterocycles. The van der Waals surface area contributed by atoms with Crippen LogP contribution in [0.1, 0.15) is 16.9 Å². The molecule has 0 bridgehead atoms. The smallest absolute Gasteiger partial charge is 0.418 e. The molecule has 0 unspecified atom stereocenters. The van der Waals surface area contributed by atoms with Gasteiger partial charge in [0.2, 0.25) is 0 Å². The molecule has 0 fully saturated rings. The molecule has 0 amide bonds. The summed E-state index contributed by atoms with van der Waals surface area (Å²) in [4.78, 5) is 0. The number of benzene rings is 1. The molecular weight excluding hydrogens is 279 g/mol. The minimum atomic E-state index is -4.45. The lowest BCUT2D eigenvalue weighted by atomic mass is 10.1. The lowest BCUT2D eigenvalue weighted by Gasteiger charge is -2.14. The summed E-state index contributed by atoms with van der Waals surface area (Å²) in [6, 6.07) is 5.37. The number of furan rings is 1. The van der Waals surface area contributed by atoms with Gasteiger partial charge in [-0.2, -0.15) is 13.2 Å². The van der Waals surface area contributed by atoms with E-state index < -0.39 is 11.7 Å². The average molecular weight is 290 g/mol. The summed E-state index contributed by atoms with van der Waals surface area (Å²) in [6.45, 7) is 2.01. The first-order valence-electron chi connectivity index (χ1n) is 5.51. The van der Waals surface area contributed by atoms with Crippen molar-refractivity contribution in [1.29, 1.82) is 0 Å². The van der Waals surface area contributed by atoms with E-state index in [9.17, 15) is 13.2 Å². The van der Waals surface area contributed by atoms with E-state index in [0.717, 1.165) is 11.6 Å². The lowest BCUT2D eigenvalue weighted by Crippen LogP contribution is -2.11. The van der Waals surface area contributed by atoms with Crippen molar-refractivity contribution in [3.63, 3.8) is 0 Å². The topological polar surface area (TPSA) is 25.2 Å². The summed E-state index contributed by atoms with van der Waals surface area (Å²) >= 11 is 5.60. The molecule has 19 heavy (non-hydrogen) atoms. The van der Waals surface area contributed by atoms with Gasteiger partial charge in [0.25, 0.3) is 0 Å². The zero-order valence-corrected chi connectivity index (χ0v) is 10.8. The van der Waals surface area contributed by atoms with Gasteiger partial charge < -0.3 is 9.73 Å². The summed E-state index contributed by atoms with van der Waals surface area (Å²) in [5.41, 5.74) is 0.0759. The maximum atomic E-state index is 12.9. The van der Waals surface area contributed by atoms with Crippen LogP contribution < -0.4 is 5.32 Å². The fourth-order valence-electron chi connectivity index (χ4n) is 1.67. The quantitative estimate of drug-likeness (QED) is 0.872. The van der Waals surface area contributed by atoms with Crippen LogP contribution in [0.3, 0.4) is 0 Å². The summed E-state index contributed by atoms with van der Waals surface area (Å²) in [5.74, 6) is 0.600. The second kappa shape index (κ2) is 5.17. The minimum absolute atomic E-state index is 0.0206. The molecule has 0 aliphatic carbocycles. The molecule has 0 radical (unpaired) electrons. The maximum absolute atomic E-state index is 12.9. The van der Waals surface area contributed by atoms with Gasteiger partial charge in [0, 0.05) is 10.7 Å². The van der Waals surface area contributed by atoms with Crippen molar-refractivity contribution in [1.82, 2.24) is 0 Å². The molecule has 2 aromatic rings. The van der Waals surface area contributed by atoms with Crippen molar-refractivity contribution < 1.29 is 17.6 Å². The Hall–Kier alpha value is -1.62. The van der Waals surface area contributed by atoms with Crippen LogP contribution in [0, 0.1) is 6.92 Å². The van der Waals surface area contributed by atoms with E-state index in [2.05, 4.69) is 5.32 Å². The van der Waals surface area contributed by atoms with E-state index in [1.54, 1.807) is 6.07 Å². The molecule has 0 saturated carbocycles. The molecule has 0 aliphatic rings. The highest BCUT2D eigenvalue weighted by molar-refractivity contribution is 6.30. The van der Waals surface area contributed by atoms with Gasteiger partial charge in [0.1, 0.15) is 5.76 Å². The molecule has 0 spiro atoms. The van der Waals surface area contributed by atoms with Crippen LogP contribution in [0.2, 0.25) is 5.02 Å². The molecule has 0 atom stereocenters. The van der Waals surface area contributed by atoms with Crippen LogP contribution in [0.15, 0.2) is 34.9 Å². The lowest BCUT2D eigenvalue weighted by molar-refractivity contribution is -0.136. The van der Waals surface area contributed by atoms with Crippen LogP contribution in [0.4, 0.5) is 18.9 Å². The Morgan fingerprint density at radius 1 is 1.26 bits per heavy atom. The number of anilines is 1. The van der Waals surface area contributed by atoms with Crippen LogP contribution in [0.25, 0.3) is 0 Å². The van der Waals surface area contributed by atoms with E-state index in [1.165, 1.54) is 18.4 Å². The Morgan fingerprint density at radius 2 is 2.00 bits per heavy atom. The van der Waals surface area contributed by atoms with E-state index in [4.69, 9.17) is 16.0 Å². The standard InChI is InChI=1S/C13H11ClF3NO/c1-8-4-5-19-12(8)7-18-11-3-2-9(14)6-10(11)13(15,16)17/h2-6,18H,7H2,1H3. The van der Waals surface area contributed by atoms with Crippen LogP contribution in [-0.2, 0) is 12.7 Å². The summed E-state index contributed by atoms with van der Waals surface area (Å²) < 4.78 is 43.7. The number of halogens is 4. The van der Waals surface area contributed by atoms with Gasteiger partial charge in [-0.25, -0.2) is 0 Å². The Labute approximate surface area is 113 Å². The van der Waals surface area contributed by atoms with E-state index in [1.807, 2.05) is 6.92 Å². The Balaban J connectivity index is 2.23. The molecule has 1 heterocycles. The Bertz CT molecular complexity index is 578. The Kier molecular flexibility index (Phi) is 3.75. The SMILES string of the molecule is Cc1ccoc1CNc1ccc(Cl)cc1C(F)(F)F. The van der Waals surface area contributed by atoms with E-state index in [0.29, 0.717) is 5.76 Å². The molecule has 0 saturated heterocycles. The molecule has 6 heteroatoms. The van der Waals surface area contributed by atoms with Crippen molar-refractivity contribution in [2.45, 2.75) is 19.6 Å². The van der Waals surface area contributed by atoms with Gasteiger partial charge >= 0.3 is 6.18 Å². The zero-order chi connectivity index (χ0) is 14.0. The highest BCUT2D eigenvalue weighted by Crippen LogP contribution is 2.36. The fraction of sp³-hybridized carbons (Fsp3) is 0.231. The van der Waals surface area contributed by atoms with Gasteiger partial charge in [-0.3, -0.25) is 0 Å². The van der Waals surface area contributed by atoms with Crippen molar-refractivity contribution in [3.8, 4) is 0 Å². The second-order valence-electron chi connectivity index (χ2n) is 4.07. The van der Waals surface area contributed by atoms with Crippen molar-refractivity contribution in [2.75, 3.05) is 5.32 Å². The number of nitrogens with one attached hydrogen (secondary N) is 1. The first-order chi connectivity index (χ1) is 8.88. The third-order valence-corrected chi connectivity index (χ3v) is 2.93. The highest BCUT2D eigenvalue weighted by atomic mass is 35.5. The Morgan fingerprint density at radius 3 is 2.58 bits per heavy atom. The predicted molar refractivity (Wildman–Crippen MR) is 67.2 cm³/mol. The molecule has 102 valence electrons. The molecule has 0 aliphatic heterocycles. The zero-order valence-electron chi connectivity index (χ0n) is 10.0. The predicted octanol–water partition coefficient (Wildman–Crippen LogP) is 4.87. The van der Waals surface area contributed by atoms with E-state index >= 15 is 0 Å². The van der Waals surface area contributed by atoms with E-state index in [-0.39, 0.29) is 17.3 Å². The molecule has 1 aromatic carbocycles. The second-order valence-corrected chi connectivity index (χ2v) is 4.50. The summed E-state index contributed by atoms with van der Waals surface area (Å²) in [7, 11) is 0. The average Bonchev–Trinajstić information content (AvgIpc) is 2.72. The van der Waals surface area contributed by atoms with Crippen molar-refractivity contribution in [3.05, 3.63) is 52.4 Å². The van der Waals surface area contributed by atoms with Gasteiger partial charge in [0.05, 0.1) is 18.4 Å². The van der Waals surface area contributed by atoms with Crippen LogP contribution in [-0.4, -0.2) is 0 Å². The van der Waals surface area contributed by atoms with Gasteiger partial charge in [-0.15, -0.1) is 0 Å². The largest absolute Gasteiger partial charge is 0.467 e. The number of rotatable bonds is 3. The fourth-order valence-corrected chi connectivity index (χ4v) is 1.84. The number of alkyl halides is 3. The molecule has 2 rings (SSSR count). The normalized spacial score (nSPS) is 11.6. The van der Waals surface area contributed by atoms with Gasteiger partial charge in [-0.05, 0) is 36.8 Å². The van der Waals surface area contributed by atoms with Crippen LogP contribution in [0.5, 0.6) is 0 Å². The first kappa shape index (κ1) is 13.8.